The number of benzene rings is 1. The summed E-state index contributed by atoms with van der Waals surface area (Å²) in [5.74, 6) is 1.56. The summed E-state index contributed by atoms with van der Waals surface area (Å²) in [6, 6.07) is 10.2. The van der Waals surface area contributed by atoms with Gasteiger partial charge in [-0.2, -0.15) is 0 Å². The van der Waals surface area contributed by atoms with Gasteiger partial charge in [0, 0.05) is 19.5 Å². The van der Waals surface area contributed by atoms with Crippen LogP contribution >= 0.6 is 24.0 Å². The molecule has 0 aliphatic carbocycles. The molecule has 0 amide bonds. The van der Waals surface area contributed by atoms with Crippen molar-refractivity contribution in [2.24, 2.45) is 10.1 Å². The second kappa shape index (κ2) is 10.4. The van der Waals surface area contributed by atoms with Crippen LogP contribution in [0.2, 0.25) is 0 Å². The van der Waals surface area contributed by atoms with Crippen LogP contribution in [0.5, 0.6) is 0 Å². The van der Waals surface area contributed by atoms with E-state index in [9.17, 15) is 8.42 Å². The fraction of sp³-hybridized carbons (Fsp3) is 0.312. The molecule has 7 nitrogen and oxygen atoms in total. The maximum absolute atomic E-state index is 11.4. The summed E-state index contributed by atoms with van der Waals surface area (Å²) in [7, 11) is -3.70. The molecule has 0 saturated heterocycles. The van der Waals surface area contributed by atoms with Crippen molar-refractivity contribution in [1.29, 1.82) is 0 Å². The third-order valence-corrected chi connectivity index (χ3v) is 4.15. The molecule has 9 heteroatoms. The molecule has 0 unspecified atom stereocenters. The van der Waals surface area contributed by atoms with Crippen molar-refractivity contribution < 1.29 is 12.8 Å². The van der Waals surface area contributed by atoms with Crippen molar-refractivity contribution in [2.75, 3.05) is 13.1 Å². The highest BCUT2D eigenvalue weighted by molar-refractivity contribution is 14.0. The fourth-order valence-electron chi connectivity index (χ4n) is 2.09. The number of primary sulfonamides is 1. The highest BCUT2D eigenvalue weighted by Crippen LogP contribution is 2.10. The molecule has 138 valence electrons. The van der Waals surface area contributed by atoms with E-state index >= 15 is 0 Å². The number of hydrogen-bond acceptors (Lipinski definition) is 4. The summed E-state index contributed by atoms with van der Waals surface area (Å²) in [5.41, 5.74) is 0.768. The lowest BCUT2D eigenvalue weighted by Crippen LogP contribution is -2.38. The predicted octanol–water partition coefficient (Wildman–Crippen LogP) is 1.84. The molecule has 2 rings (SSSR count). The Morgan fingerprint density at radius 2 is 2.04 bits per heavy atom. The van der Waals surface area contributed by atoms with Gasteiger partial charge >= 0.3 is 0 Å². The second-order valence-corrected chi connectivity index (χ2v) is 6.71. The average molecular weight is 478 g/mol. The minimum absolute atomic E-state index is 0. The number of halogens is 1. The van der Waals surface area contributed by atoms with Crippen LogP contribution in [0.1, 0.15) is 18.2 Å². The number of hydrogen-bond donors (Lipinski definition) is 3. The van der Waals surface area contributed by atoms with E-state index in [2.05, 4.69) is 15.6 Å². The van der Waals surface area contributed by atoms with Gasteiger partial charge in [-0.05, 0) is 36.8 Å². The van der Waals surface area contributed by atoms with Crippen LogP contribution in [0.3, 0.4) is 0 Å². The Hall–Kier alpha value is -1.59. The largest absolute Gasteiger partial charge is 0.469 e. The predicted molar refractivity (Wildman–Crippen MR) is 108 cm³/mol. The number of nitrogens with one attached hydrogen (secondary N) is 2. The second-order valence-electron chi connectivity index (χ2n) is 5.14. The quantitative estimate of drug-likeness (QED) is 0.320. The number of aliphatic imine (C=N–C) groups is 1. The Bertz CT molecular complexity index is 776. The van der Waals surface area contributed by atoms with E-state index in [1.54, 1.807) is 12.3 Å². The number of sulfonamides is 1. The van der Waals surface area contributed by atoms with Crippen molar-refractivity contribution in [3.8, 4) is 0 Å². The molecule has 1 heterocycles. The van der Waals surface area contributed by atoms with Gasteiger partial charge < -0.3 is 15.1 Å². The molecule has 0 spiro atoms. The molecular formula is C16H23IN4O3S. The SMILES string of the molecule is CCNC(=NCc1cccc(S(N)(=O)=O)c1)NCCc1ccco1.I. The van der Waals surface area contributed by atoms with Crippen LogP contribution in [0.4, 0.5) is 0 Å². The van der Waals surface area contributed by atoms with E-state index in [-0.39, 0.29) is 28.9 Å². The lowest BCUT2D eigenvalue weighted by molar-refractivity contribution is 0.507. The Morgan fingerprint density at radius 1 is 1.24 bits per heavy atom. The van der Waals surface area contributed by atoms with Crippen molar-refractivity contribution in [3.63, 3.8) is 0 Å². The van der Waals surface area contributed by atoms with E-state index in [4.69, 9.17) is 9.56 Å². The van der Waals surface area contributed by atoms with Crippen LogP contribution in [-0.4, -0.2) is 27.5 Å². The molecule has 0 bridgehead atoms. The molecule has 0 aliphatic rings. The van der Waals surface area contributed by atoms with Gasteiger partial charge in [0.2, 0.25) is 10.0 Å². The molecule has 0 atom stereocenters. The van der Waals surface area contributed by atoms with Gasteiger partial charge in [0.1, 0.15) is 5.76 Å². The van der Waals surface area contributed by atoms with Gasteiger partial charge in [-0.15, -0.1) is 24.0 Å². The van der Waals surface area contributed by atoms with Crippen molar-refractivity contribution in [3.05, 3.63) is 54.0 Å². The first-order valence-corrected chi connectivity index (χ1v) is 9.20. The Kier molecular flexibility index (Phi) is 8.93. The molecule has 0 saturated carbocycles. The summed E-state index contributed by atoms with van der Waals surface area (Å²) in [5, 5.41) is 11.5. The van der Waals surface area contributed by atoms with E-state index in [0.29, 0.717) is 19.0 Å². The van der Waals surface area contributed by atoms with Gasteiger partial charge in [0.05, 0.1) is 17.7 Å². The highest BCUT2D eigenvalue weighted by Gasteiger charge is 2.07. The van der Waals surface area contributed by atoms with Gasteiger partial charge in [-0.3, -0.25) is 0 Å². The van der Waals surface area contributed by atoms with Crippen LogP contribution in [0, 0.1) is 0 Å². The number of nitrogens with zero attached hydrogens (tertiary/aromatic N) is 1. The number of guanidine groups is 1. The number of nitrogens with two attached hydrogens (primary N) is 1. The van der Waals surface area contributed by atoms with Crippen LogP contribution in [-0.2, 0) is 23.0 Å². The van der Waals surface area contributed by atoms with Crippen LogP contribution in [0.25, 0.3) is 0 Å². The van der Waals surface area contributed by atoms with Gasteiger partial charge in [-0.25, -0.2) is 18.5 Å². The zero-order chi connectivity index (χ0) is 17.4. The van der Waals surface area contributed by atoms with Gasteiger partial charge in [-0.1, -0.05) is 12.1 Å². The molecular weight excluding hydrogens is 455 g/mol. The van der Waals surface area contributed by atoms with Gasteiger partial charge in [0.25, 0.3) is 0 Å². The first kappa shape index (κ1) is 21.5. The van der Waals surface area contributed by atoms with Gasteiger partial charge in [0.15, 0.2) is 5.96 Å². The number of rotatable bonds is 7. The van der Waals surface area contributed by atoms with E-state index in [1.807, 2.05) is 25.1 Å². The molecule has 25 heavy (non-hydrogen) atoms. The zero-order valence-corrected chi connectivity index (χ0v) is 17.1. The molecule has 0 radical (unpaired) electrons. The minimum atomic E-state index is -3.70. The average Bonchev–Trinajstić information content (AvgIpc) is 3.05. The van der Waals surface area contributed by atoms with Crippen LogP contribution < -0.4 is 15.8 Å². The maximum Gasteiger partial charge on any atom is 0.238 e. The zero-order valence-electron chi connectivity index (χ0n) is 13.9. The normalized spacial score (nSPS) is 11.7. The van der Waals surface area contributed by atoms with E-state index < -0.39 is 10.0 Å². The lowest BCUT2D eigenvalue weighted by atomic mass is 10.2. The first-order chi connectivity index (χ1) is 11.5. The molecule has 2 aromatic rings. The smallest absolute Gasteiger partial charge is 0.238 e. The maximum atomic E-state index is 11.4. The molecule has 1 aromatic heterocycles. The minimum Gasteiger partial charge on any atom is -0.469 e. The molecule has 4 N–H and O–H groups in total. The van der Waals surface area contributed by atoms with E-state index in [1.165, 1.54) is 12.1 Å². The van der Waals surface area contributed by atoms with Crippen molar-refractivity contribution in [1.82, 2.24) is 10.6 Å². The monoisotopic (exact) mass is 478 g/mol. The number of furan rings is 1. The first-order valence-electron chi connectivity index (χ1n) is 7.65. The Labute approximate surface area is 165 Å². The molecule has 0 fully saturated rings. The third-order valence-electron chi connectivity index (χ3n) is 3.23. The standard InChI is InChI=1S/C16H22N4O3S.HI/c1-2-18-16(19-9-8-14-6-4-10-23-14)20-12-13-5-3-7-15(11-13)24(17,21)22;/h3-7,10-11H,2,8-9,12H2,1H3,(H2,17,21,22)(H2,18,19,20);1H. The topological polar surface area (TPSA) is 110 Å². The van der Waals surface area contributed by atoms with E-state index in [0.717, 1.165) is 24.3 Å². The molecule has 1 aromatic carbocycles. The fourth-order valence-corrected chi connectivity index (χ4v) is 2.68. The Morgan fingerprint density at radius 3 is 2.68 bits per heavy atom. The highest BCUT2D eigenvalue weighted by atomic mass is 127. The third kappa shape index (κ3) is 7.45. The van der Waals surface area contributed by atoms with Crippen LogP contribution in [0.15, 0.2) is 57.0 Å². The van der Waals surface area contributed by atoms with Crippen molar-refractivity contribution >= 4 is 40.0 Å². The lowest BCUT2D eigenvalue weighted by Gasteiger charge is -2.11. The van der Waals surface area contributed by atoms with Crippen molar-refractivity contribution in [2.45, 2.75) is 24.8 Å². The molecule has 0 aliphatic heterocycles. The summed E-state index contributed by atoms with van der Waals surface area (Å²) < 4.78 is 28.1. The Balaban J connectivity index is 0.00000312. The summed E-state index contributed by atoms with van der Waals surface area (Å²) in [4.78, 5) is 4.54. The summed E-state index contributed by atoms with van der Waals surface area (Å²) >= 11 is 0. The summed E-state index contributed by atoms with van der Waals surface area (Å²) in [6.07, 6.45) is 2.39. The summed E-state index contributed by atoms with van der Waals surface area (Å²) in [6.45, 7) is 3.73.